The summed E-state index contributed by atoms with van der Waals surface area (Å²) in [6, 6.07) is 0. The molecule has 0 atom stereocenters. The summed E-state index contributed by atoms with van der Waals surface area (Å²) >= 11 is 0. The Bertz CT molecular complexity index is 207. The van der Waals surface area contributed by atoms with Gasteiger partial charge in [0.25, 0.3) is 0 Å². The molecule has 2 rings (SSSR count). The van der Waals surface area contributed by atoms with Crippen LogP contribution in [-0.4, -0.2) is 23.7 Å². The van der Waals surface area contributed by atoms with Crippen molar-refractivity contribution in [3.8, 4) is 0 Å². The van der Waals surface area contributed by atoms with E-state index in [9.17, 15) is 4.79 Å². The summed E-state index contributed by atoms with van der Waals surface area (Å²) in [7, 11) is 0. The highest BCUT2D eigenvalue weighted by Crippen LogP contribution is 2.26. The van der Waals surface area contributed by atoms with Crippen LogP contribution in [0.1, 0.15) is 32.1 Å². The van der Waals surface area contributed by atoms with Gasteiger partial charge in [0.1, 0.15) is 0 Å². The molecule has 3 heteroatoms. The molecule has 1 heterocycles. The molecular weight excluding hydrogens is 152 g/mol. The summed E-state index contributed by atoms with van der Waals surface area (Å²) in [4.78, 5) is 11.2. The molecule has 0 aromatic rings. The third-order valence-electron chi connectivity index (χ3n) is 2.68. The van der Waals surface area contributed by atoms with Gasteiger partial charge in [-0.15, -0.1) is 0 Å². The molecule has 1 fully saturated rings. The molecule has 1 saturated carbocycles. The average Bonchev–Trinajstić information content (AvgIpc) is 2.65. The monoisotopic (exact) mass is 166 g/mol. The fourth-order valence-corrected chi connectivity index (χ4v) is 1.97. The minimum Gasteiger partial charge on any atom is -0.273 e. The van der Waals surface area contributed by atoms with Crippen molar-refractivity contribution in [2.24, 2.45) is 11.0 Å². The SMILES string of the molecule is O=C1CC=NN1CC1CCCC1. The number of hydrogen-bond acceptors (Lipinski definition) is 2. The molecule has 0 aromatic carbocycles. The number of amides is 1. The van der Waals surface area contributed by atoms with Crippen molar-refractivity contribution in [3.05, 3.63) is 0 Å². The highest BCUT2D eigenvalue weighted by atomic mass is 16.2. The van der Waals surface area contributed by atoms with Crippen LogP contribution in [-0.2, 0) is 4.79 Å². The van der Waals surface area contributed by atoms with Gasteiger partial charge in [0.05, 0.1) is 6.42 Å². The second-order valence-corrected chi connectivity index (χ2v) is 3.63. The lowest BCUT2D eigenvalue weighted by Gasteiger charge is -2.16. The molecule has 12 heavy (non-hydrogen) atoms. The Morgan fingerprint density at radius 1 is 1.50 bits per heavy atom. The van der Waals surface area contributed by atoms with E-state index >= 15 is 0 Å². The van der Waals surface area contributed by atoms with E-state index in [1.807, 2.05) is 0 Å². The maximum Gasteiger partial charge on any atom is 0.248 e. The van der Waals surface area contributed by atoms with E-state index in [-0.39, 0.29) is 5.91 Å². The zero-order valence-electron chi connectivity index (χ0n) is 7.20. The van der Waals surface area contributed by atoms with E-state index < -0.39 is 0 Å². The number of carbonyl (C=O) groups is 1. The third-order valence-corrected chi connectivity index (χ3v) is 2.68. The van der Waals surface area contributed by atoms with Gasteiger partial charge in [-0.25, -0.2) is 5.01 Å². The number of hydrogen-bond donors (Lipinski definition) is 0. The third kappa shape index (κ3) is 1.49. The molecule has 1 amide bonds. The van der Waals surface area contributed by atoms with Crippen molar-refractivity contribution in [2.75, 3.05) is 6.54 Å². The van der Waals surface area contributed by atoms with Gasteiger partial charge < -0.3 is 0 Å². The van der Waals surface area contributed by atoms with Crippen molar-refractivity contribution < 1.29 is 4.79 Å². The second-order valence-electron chi connectivity index (χ2n) is 3.63. The summed E-state index contributed by atoms with van der Waals surface area (Å²) in [5.74, 6) is 0.881. The van der Waals surface area contributed by atoms with Gasteiger partial charge in [-0.1, -0.05) is 12.8 Å². The fourth-order valence-electron chi connectivity index (χ4n) is 1.97. The lowest BCUT2D eigenvalue weighted by atomic mass is 10.1. The zero-order valence-corrected chi connectivity index (χ0v) is 7.20. The van der Waals surface area contributed by atoms with Gasteiger partial charge in [0.2, 0.25) is 5.91 Å². The van der Waals surface area contributed by atoms with Gasteiger partial charge in [-0.3, -0.25) is 4.79 Å². The van der Waals surface area contributed by atoms with Gasteiger partial charge in [0, 0.05) is 12.8 Å². The summed E-state index contributed by atoms with van der Waals surface area (Å²) < 4.78 is 0. The Labute approximate surface area is 72.4 Å². The first kappa shape index (κ1) is 7.77. The molecule has 0 bridgehead atoms. The Kier molecular flexibility index (Phi) is 2.11. The van der Waals surface area contributed by atoms with E-state index in [2.05, 4.69) is 5.10 Å². The van der Waals surface area contributed by atoms with Crippen LogP contribution >= 0.6 is 0 Å². The van der Waals surface area contributed by atoms with Gasteiger partial charge >= 0.3 is 0 Å². The largest absolute Gasteiger partial charge is 0.273 e. The maximum atomic E-state index is 11.2. The molecular formula is C9H14N2O. The first-order valence-electron chi connectivity index (χ1n) is 4.69. The highest BCUT2D eigenvalue weighted by Gasteiger charge is 2.23. The van der Waals surface area contributed by atoms with E-state index in [1.54, 1.807) is 11.2 Å². The van der Waals surface area contributed by atoms with E-state index in [4.69, 9.17) is 0 Å². The molecule has 66 valence electrons. The Hall–Kier alpha value is -0.860. The maximum absolute atomic E-state index is 11.2. The molecule has 1 aliphatic carbocycles. The lowest BCUT2D eigenvalue weighted by Crippen LogP contribution is -2.26. The van der Waals surface area contributed by atoms with Crippen LogP contribution in [0.15, 0.2) is 5.10 Å². The zero-order chi connectivity index (χ0) is 8.39. The van der Waals surface area contributed by atoms with Crippen LogP contribution in [0, 0.1) is 5.92 Å². The Balaban J connectivity index is 1.85. The molecule has 0 radical (unpaired) electrons. The molecule has 2 aliphatic rings. The predicted octanol–water partition coefficient (Wildman–Crippen LogP) is 1.39. The summed E-state index contributed by atoms with van der Waals surface area (Å²) in [6.45, 7) is 0.856. The number of hydrazone groups is 1. The van der Waals surface area contributed by atoms with Crippen molar-refractivity contribution in [1.29, 1.82) is 0 Å². The van der Waals surface area contributed by atoms with Crippen LogP contribution < -0.4 is 0 Å². The molecule has 0 unspecified atom stereocenters. The normalized spacial score (nSPS) is 24.3. The smallest absolute Gasteiger partial charge is 0.248 e. The van der Waals surface area contributed by atoms with Crippen molar-refractivity contribution >= 4 is 12.1 Å². The van der Waals surface area contributed by atoms with Crippen molar-refractivity contribution in [2.45, 2.75) is 32.1 Å². The van der Waals surface area contributed by atoms with Crippen LogP contribution in [0.2, 0.25) is 0 Å². The van der Waals surface area contributed by atoms with Crippen molar-refractivity contribution in [3.63, 3.8) is 0 Å². The molecule has 3 nitrogen and oxygen atoms in total. The number of rotatable bonds is 2. The molecule has 0 aromatic heterocycles. The molecule has 0 N–H and O–H groups in total. The van der Waals surface area contributed by atoms with Gasteiger partial charge in [-0.2, -0.15) is 5.10 Å². The van der Waals surface area contributed by atoms with Crippen LogP contribution in [0.4, 0.5) is 0 Å². The van der Waals surface area contributed by atoms with E-state index in [1.165, 1.54) is 25.7 Å². The number of carbonyl (C=O) groups excluding carboxylic acids is 1. The van der Waals surface area contributed by atoms with Crippen LogP contribution in [0.5, 0.6) is 0 Å². The lowest BCUT2D eigenvalue weighted by molar-refractivity contribution is -0.129. The minimum absolute atomic E-state index is 0.168. The average molecular weight is 166 g/mol. The van der Waals surface area contributed by atoms with Gasteiger partial charge in [-0.05, 0) is 18.8 Å². The van der Waals surface area contributed by atoms with E-state index in [0.717, 1.165) is 6.54 Å². The second kappa shape index (κ2) is 3.25. The van der Waals surface area contributed by atoms with Crippen LogP contribution in [0.3, 0.4) is 0 Å². The molecule has 0 spiro atoms. The predicted molar refractivity (Wildman–Crippen MR) is 46.8 cm³/mol. The number of nitrogens with zero attached hydrogens (tertiary/aromatic N) is 2. The topological polar surface area (TPSA) is 32.7 Å². The summed E-state index contributed by atoms with van der Waals surface area (Å²) in [6.07, 6.45) is 7.43. The van der Waals surface area contributed by atoms with Crippen LogP contribution in [0.25, 0.3) is 0 Å². The molecule has 0 saturated heterocycles. The van der Waals surface area contributed by atoms with E-state index in [0.29, 0.717) is 12.3 Å². The summed E-state index contributed by atoms with van der Waals surface area (Å²) in [5.41, 5.74) is 0. The highest BCUT2D eigenvalue weighted by molar-refractivity contribution is 5.93. The fraction of sp³-hybridized carbons (Fsp3) is 0.778. The standard InChI is InChI=1S/C9H14N2O/c12-9-5-6-10-11(9)7-8-3-1-2-4-8/h6,8H,1-5,7H2. The molecule has 1 aliphatic heterocycles. The van der Waals surface area contributed by atoms with Gasteiger partial charge in [0.15, 0.2) is 0 Å². The quantitative estimate of drug-likeness (QED) is 0.610. The first-order valence-corrected chi connectivity index (χ1v) is 4.69. The Morgan fingerprint density at radius 2 is 2.25 bits per heavy atom. The first-order chi connectivity index (χ1) is 5.86. The minimum atomic E-state index is 0.168. The Morgan fingerprint density at radius 3 is 2.83 bits per heavy atom. The summed E-state index contributed by atoms with van der Waals surface area (Å²) in [5, 5.41) is 5.67. The van der Waals surface area contributed by atoms with Crippen molar-refractivity contribution in [1.82, 2.24) is 5.01 Å².